The summed E-state index contributed by atoms with van der Waals surface area (Å²) in [6.45, 7) is 2.44. The number of nitrogens with one attached hydrogen (secondary N) is 2. The summed E-state index contributed by atoms with van der Waals surface area (Å²) in [6, 6.07) is 3.37. The smallest absolute Gasteiger partial charge is 0.352 e. The number of alkyl halides is 3. The lowest BCUT2D eigenvalue weighted by atomic mass is 10.1. The average molecular weight is 289 g/mol. The number of hydrazine groups is 1. The molecule has 1 aromatic rings. The molecule has 112 valence electrons. The number of carbonyl (C=O) groups is 1. The summed E-state index contributed by atoms with van der Waals surface area (Å²) in [6.07, 6.45) is -1.84. The fourth-order valence-corrected chi connectivity index (χ4v) is 1.81. The molecule has 4 nitrogen and oxygen atoms in total. The number of halogens is 3. The van der Waals surface area contributed by atoms with E-state index in [1.807, 2.05) is 12.3 Å². The van der Waals surface area contributed by atoms with Crippen molar-refractivity contribution >= 4 is 11.6 Å². The van der Waals surface area contributed by atoms with Gasteiger partial charge in [0.05, 0.1) is 16.8 Å². The maximum Gasteiger partial charge on any atom is 0.418 e. The third kappa shape index (κ3) is 4.12. The van der Waals surface area contributed by atoms with Crippen molar-refractivity contribution in [1.29, 1.82) is 0 Å². The summed E-state index contributed by atoms with van der Waals surface area (Å²) in [4.78, 5) is 11.9. The molecular weight excluding hydrogens is 271 g/mol. The van der Waals surface area contributed by atoms with Gasteiger partial charge in [0, 0.05) is 6.54 Å². The second-order valence-electron chi connectivity index (χ2n) is 4.33. The molecule has 0 fully saturated rings. The topological polar surface area (TPSA) is 67.2 Å². The van der Waals surface area contributed by atoms with E-state index >= 15 is 0 Å². The molecule has 0 saturated carbocycles. The Labute approximate surface area is 115 Å². The van der Waals surface area contributed by atoms with Crippen molar-refractivity contribution in [2.75, 3.05) is 12.0 Å². The highest BCUT2D eigenvalue weighted by Gasteiger charge is 2.35. The van der Waals surface area contributed by atoms with Crippen LogP contribution in [0.2, 0.25) is 0 Å². The average Bonchev–Trinajstić information content (AvgIpc) is 2.41. The molecule has 1 rings (SSSR count). The molecule has 0 spiro atoms. The minimum Gasteiger partial charge on any atom is -0.352 e. The van der Waals surface area contributed by atoms with Gasteiger partial charge < -0.3 is 10.7 Å². The van der Waals surface area contributed by atoms with Crippen molar-refractivity contribution in [3.05, 3.63) is 29.3 Å². The predicted octanol–water partition coefficient (Wildman–Crippen LogP) is 2.91. The number of para-hydroxylation sites is 1. The molecule has 20 heavy (non-hydrogen) atoms. The first-order chi connectivity index (χ1) is 9.41. The highest BCUT2D eigenvalue weighted by atomic mass is 19.4. The fraction of sp³-hybridized carbons (Fsp3) is 0.462. The third-order valence-corrected chi connectivity index (χ3v) is 2.82. The number of anilines is 1. The molecule has 0 bridgehead atoms. The van der Waals surface area contributed by atoms with Gasteiger partial charge in [-0.05, 0) is 18.6 Å². The molecule has 4 N–H and O–H groups in total. The van der Waals surface area contributed by atoms with E-state index in [9.17, 15) is 18.0 Å². The van der Waals surface area contributed by atoms with Gasteiger partial charge in [0.1, 0.15) is 0 Å². The van der Waals surface area contributed by atoms with Crippen LogP contribution in [0.1, 0.15) is 42.1 Å². The number of nitrogen functional groups attached to an aromatic ring is 1. The summed E-state index contributed by atoms with van der Waals surface area (Å²) in [5.41, 5.74) is 0.494. The van der Waals surface area contributed by atoms with Gasteiger partial charge in [-0.3, -0.25) is 10.6 Å². The Hall–Kier alpha value is -1.76. The third-order valence-electron chi connectivity index (χ3n) is 2.82. The van der Waals surface area contributed by atoms with E-state index in [4.69, 9.17) is 5.84 Å². The monoisotopic (exact) mass is 289 g/mol. The van der Waals surface area contributed by atoms with Crippen molar-refractivity contribution in [1.82, 2.24) is 5.32 Å². The minimum absolute atomic E-state index is 0.112. The summed E-state index contributed by atoms with van der Waals surface area (Å²) in [5.74, 6) is 4.56. The first-order valence-corrected chi connectivity index (χ1v) is 6.36. The Kier molecular flexibility index (Phi) is 5.82. The van der Waals surface area contributed by atoms with Gasteiger partial charge in [0.15, 0.2) is 0 Å². The minimum atomic E-state index is -4.57. The molecule has 1 amide bonds. The highest BCUT2D eigenvalue weighted by Crippen LogP contribution is 2.36. The summed E-state index contributed by atoms with van der Waals surface area (Å²) in [5, 5.41) is 2.59. The van der Waals surface area contributed by atoms with Crippen molar-refractivity contribution in [2.24, 2.45) is 5.84 Å². The molecule has 7 heteroatoms. The van der Waals surface area contributed by atoms with Crippen LogP contribution >= 0.6 is 0 Å². The molecule has 0 aliphatic carbocycles. The summed E-state index contributed by atoms with van der Waals surface area (Å²) >= 11 is 0. The quantitative estimate of drug-likeness (QED) is 0.428. The van der Waals surface area contributed by atoms with Crippen LogP contribution < -0.4 is 16.6 Å². The second kappa shape index (κ2) is 7.14. The van der Waals surface area contributed by atoms with E-state index in [1.54, 1.807) is 0 Å². The van der Waals surface area contributed by atoms with Gasteiger partial charge >= 0.3 is 6.18 Å². The van der Waals surface area contributed by atoms with Crippen LogP contribution in [-0.2, 0) is 6.18 Å². The number of hydrogen-bond acceptors (Lipinski definition) is 3. The highest BCUT2D eigenvalue weighted by molar-refractivity contribution is 6.00. The molecule has 1 aromatic carbocycles. The van der Waals surface area contributed by atoms with Gasteiger partial charge in [-0.25, -0.2) is 0 Å². The summed E-state index contributed by atoms with van der Waals surface area (Å²) < 4.78 is 38.4. The van der Waals surface area contributed by atoms with Crippen LogP contribution in [-0.4, -0.2) is 12.5 Å². The zero-order valence-corrected chi connectivity index (χ0v) is 11.2. The second-order valence-corrected chi connectivity index (χ2v) is 4.33. The largest absolute Gasteiger partial charge is 0.418 e. The number of unbranched alkanes of at least 4 members (excludes halogenated alkanes) is 2. The van der Waals surface area contributed by atoms with Crippen LogP contribution in [0.5, 0.6) is 0 Å². The molecule has 0 unspecified atom stereocenters. The number of amides is 1. The molecular formula is C13H18F3N3O. The summed E-state index contributed by atoms with van der Waals surface area (Å²) in [7, 11) is 0. The Balaban J connectivity index is 2.92. The number of carbonyl (C=O) groups excluding carboxylic acids is 1. The van der Waals surface area contributed by atoms with Crippen molar-refractivity contribution < 1.29 is 18.0 Å². The molecule has 0 radical (unpaired) electrons. The van der Waals surface area contributed by atoms with Crippen molar-refractivity contribution in [3.63, 3.8) is 0 Å². The van der Waals surface area contributed by atoms with Crippen LogP contribution in [0.25, 0.3) is 0 Å². The van der Waals surface area contributed by atoms with Gasteiger partial charge in [-0.15, -0.1) is 0 Å². The molecule has 0 aliphatic rings. The van der Waals surface area contributed by atoms with E-state index < -0.39 is 23.3 Å². The Morgan fingerprint density at radius 3 is 2.55 bits per heavy atom. The van der Waals surface area contributed by atoms with Crippen LogP contribution in [0, 0.1) is 0 Å². The molecule has 0 aliphatic heterocycles. The molecule has 0 atom stereocenters. The Morgan fingerprint density at radius 2 is 2.00 bits per heavy atom. The van der Waals surface area contributed by atoms with E-state index in [1.165, 1.54) is 12.1 Å². The Morgan fingerprint density at radius 1 is 1.30 bits per heavy atom. The van der Waals surface area contributed by atoms with E-state index in [-0.39, 0.29) is 5.56 Å². The molecule has 0 heterocycles. The van der Waals surface area contributed by atoms with Crippen molar-refractivity contribution in [3.8, 4) is 0 Å². The number of nitrogens with two attached hydrogens (primary N) is 1. The molecule has 0 saturated heterocycles. The maximum atomic E-state index is 12.8. The van der Waals surface area contributed by atoms with Crippen molar-refractivity contribution in [2.45, 2.75) is 32.4 Å². The number of rotatable bonds is 6. The molecule has 0 aromatic heterocycles. The van der Waals surface area contributed by atoms with Gasteiger partial charge in [0.2, 0.25) is 0 Å². The van der Waals surface area contributed by atoms with Gasteiger partial charge in [-0.1, -0.05) is 25.8 Å². The Bertz CT molecular complexity index is 461. The standard InChI is InChI=1S/C13H18F3N3O/c1-2-3-4-8-18-12(20)9-6-5-7-10(11(9)19-17)13(14,15)16/h5-7,19H,2-4,8,17H2,1H3,(H,18,20). The van der Waals surface area contributed by atoms with Gasteiger partial charge in [0.25, 0.3) is 5.91 Å². The first-order valence-electron chi connectivity index (χ1n) is 6.36. The zero-order valence-electron chi connectivity index (χ0n) is 11.2. The van der Waals surface area contributed by atoms with Crippen LogP contribution in [0.3, 0.4) is 0 Å². The SMILES string of the molecule is CCCCCNC(=O)c1cccc(C(F)(F)F)c1NN. The van der Waals surface area contributed by atoms with Crippen LogP contribution in [0.15, 0.2) is 18.2 Å². The van der Waals surface area contributed by atoms with Gasteiger partial charge in [-0.2, -0.15) is 13.2 Å². The number of hydrogen-bond donors (Lipinski definition) is 3. The lowest BCUT2D eigenvalue weighted by Gasteiger charge is -2.16. The maximum absolute atomic E-state index is 12.8. The van der Waals surface area contributed by atoms with E-state index in [0.717, 1.165) is 25.3 Å². The normalized spacial score (nSPS) is 11.2. The number of benzene rings is 1. The first kappa shape index (κ1) is 16.3. The van der Waals surface area contributed by atoms with Crippen LogP contribution in [0.4, 0.5) is 18.9 Å². The predicted molar refractivity (Wildman–Crippen MR) is 71.1 cm³/mol. The van der Waals surface area contributed by atoms with E-state index in [2.05, 4.69) is 5.32 Å². The lowest BCUT2D eigenvalue weighted by Crippen LogP contribution is -2.27. The lowest BCUT2D eigenvalue weighted by molar-refractivity contribution is -0.137. The fourth-order valence-electron chi connectivity index (χ4n) is 1.81. The van der Waals surface area contributed by atoms with E-state index in [0.29, 0.717) is 6.54 Å². The zero-order chi connectivity index (χ0) is 15.2.